The minimum atomic E-state index is -3.42. The van der Waals surface area contributed by atoms with Crippen molar-refractivity contribution < 1.29 is 8.42 Å². The monoisotopic (exact) mass is 276 g/mol. The zero-order chi connectivity index (χ0) is 13.1. The Morgan fingerprint density at radius 3 is 2.59 bits per heavy atom. The van der Waals surface area contributed by atoms with E-state index in [0.29, 0.717) is 11.4 Å². The smallest absolute Gasteiger partial charge is 0.241 e. The first kappa shape index (κ1) is 14.6. The second kappa shape index (κ2) is 5.48. The zero-order valence-electron chi connectivity index (χ0n) is 10.5. The number of nitrogens with one attached hydrogen (secondary N) is 1. The number of sulfonamides is 1. The van der Waals surface area contributed by atoms with Crippen LogP contribution in [0, 0.1) is 0 Å². The van der Waals surface area contributed by atoms with Gasteiger partial charge < -0.3 is 5.73 Å². The lowest BCUT2D eigenvalue weighted by Gasteiger charge is -2.25. The third kappa shape index (κ3) is 4.06. The van der Waals surface area contributed by atoms with Crippen LogP contribution >= 0.6 is 11.3 Å². The fraction of sp³-hybridized carbons (Fsp3) is 0.636. The van der Waals surface area contributed by atoms with Crippen molar-refractivity contribution in [3.8, 4) is 0 Å². The van der Waals surface area contributed by atoms with E-state index in [2.05, 4.69) is 4.72 Å². The van der Waals surface area contributed by atoms with Crippen LogP contribution in [0.3, 0.4) is 0 Å². The lowest BCUT2D eigenvalue weighted by Crippen LogP contribution is -2.42. The van der Waals surface area contributed by atoms with E-state index < -0.39 is 15.6 Å². The predicted molar refractivity (Wildman–Crippen MR) is 71.5 cm³/mol. The van der Waals surface area contributed by atoms with Crippen LogP contribution in [0.15, 0.2) is 16.3 Å². The molecule has 6 heteroatoms. The maximum atomic E-state index is 12.1. The van der Waals surface area contributed by atoms with E-state index in [0.717, 1.165) is 17.7 Å². The van der Waals surface area contributed by atoms with Gasteiger partial charge >= 0.3 is 0 Å². The summed E-state index contributed by atoms with van der Waals surface area (Å²) in [5.41, 5.74) is 5.06. The second-order valence-corrected chi connectivity index (χ2v) is 7.37. The van der Waals surface area contributed by atoms with Gasteiger partial charge in [0.1, 0.15) is 0 Å². The van der Waals surface area contributed by atoms with Gasteiger partial charge in [0, 0.05) is 22.3 Å². The minimum absolute atomic E-state index is 0.312. The van der Waals surface area contributed by atoms with E-state index in [1.54, 1.807) is 11.4 Å². The van der Waals surface area contributed by atoms with Gasteiger partial charge in [0.15, 0.2) is 0 Å². The fourth-order valence-corrected chi connectivity index (χ4v) is 4.30. The molecule has 4 nitrogen and oxygen atoms in total. The van der Waals surface area contributed by atoms with Gasteiger partial charge in [-0.1, -0.05) is 13.3 Å². The molecule has 0 bridgehead atoms. The molecular weight excluding hydrogens is 256 g/mol. The third-order valence-electron chi connectivity index (χ3n) is 2.43. The molecule has 0 atom stereocenters. The Kier molecular flexibility index (Phi) is 4.71. The second-order valence-electron chi connectivity index (χ2n) is 4.69. The summed E-state index contributed by atoms with van der Waals surface area (Å²) in [4.78, 5) is 1.19. The molecule has 0 unspecified atom stereocenters. The van der Waals surface area contributed by atoms with Crippen molar-refractivity contribution in [3.05, 3.63) is 16.3 Å². The van der Waals surface area contributed by atoms with E-state index in [9.17, 15) is 8.42 Å². The molecule has 0 aliphatic carbocycles. The third-order valence-corrected chi connectivity index (χ3v) is 5.21. The summed E-state index contributed by atoms with van der Waals surface area (Å²) in [7, 11) is -3.42. The molecule has 17 heavy (non-hydrogen) atoms. The van der Waals surface area contributed by atoms with Gasteiger partial charge in [-0.15, -0.1) is 11.3 Å². The van der Waals surface area contributed by atoms with Crippen molar-refractivity contribution in [2.24, 2.45) is 5.73 Å². The molecule has 0 radical (unpaired) electrons. The highest BCUT2D eigenvalue weighted by atomic mass is 32.2. The van der Waals surface area contributed by atoms with Crippen molar-refractivity contribution in [1.82, 2.24) is 4.72 Å². The van der Waals surface area contributed by atoms with E-state index in [1.165, 1.54) is 11.3 Å². The number of rotatable bonds is 6. The van der Waals surface area contributed by atoms with E-state index in [-0.39, 0.29) is 0 Å². The van der Waals surface area contributed by atoms with Crippen LogP contribution in [-0.4, -0.2) is 14.0 Å². The Morgan fingerprint density at radius 1 is 1.47 bits per heavy atom. The van der Waals surface area contributed by atoms with Crippen molar-refractivity contribution in [2.75, 3.05) is 0 Å². The predicted octanol–water partition coefficient (Wildman–Crippen LogP) is 2.06. The minimum Gasteiger partial charge on any atom is -0.326 e. The summed E-state index contributed by atoms with van der Waals surface area (Å²) in [6, 6.07) is 1.63. The summed E-state index contributed by atoms with van der Waals surface area (Å²) < 4.78 is 26.9. The van der Waals surface area contributed by atoms with Gasteiger partial charge in [-0.2, -0.15) is 0 Å². The van der Waals surface area contributed by atoms with Gasteiger partial charge in [0.2, 0.25) is 10.0 Å². The van der Waals surface area contributed by atoms with Crippen molar-refractivity contribution in [2.45, 2.75) is 50.6 Å². The summed E-state index contributed by atoms with van der Waals surface area (Å²) in [5, 5.41) is 1.63. The maximum absolute atomic E-state index is 12.1. The SMILES string of the molecule is CCCC(C)(C)NS(=O)(=O)c1csc(CN)c1. The lowest BCUT2D eigenvalue weighted by atomic mass is 10.0. The topological polar surface area (TPSA) is 72.2 Å². The molecule has 0 saturated carbocycles. The number of nitrogens with two attached hydrogens (primary N) is 1. The van der Waals surface area contributed by atoms with Crippen LogP contribution in [0.5, 0.6) is 0 Å². The van der Waals surface area contributed by atoms with Crippen LogP contribution in [0.1, 0.15) is 38.5 Å². The molecule has 98 valence electrons. The molecule has 3 N–H and O–H groups in total. The molecule has 1 rings (SSSR count). The highest BCUT2D eigenvalue weighted by Crippen LogP contribution is 2.21. The summed E-state index contributed by atoms with van der Waals surface area (Å²) >= 11 is 1.37. The fourth-order valence-electron chi connectivity index (χ4n) is 1.71. The maximum Gasteiger partial charge on any atom is 0.241 e. The molecule has 0 aromatic carbocycles. The average molecular weight is 276 g/mol. The van der Waals surface area contributed by atoms with Crippen molar-refractivity contribution in [1.29, 1.82) is 0 Å². The Hall–Kier alpha value is -0.430. The highest BCUT2D eigenvalue weighted by Gasteiger charge is 2.25. The highest BCUT2D eigenvalue weighted by molar-refractivity contribution is 7.89. The first-order chi connectivity index (χ1) is 7.80. The molecule has 0 fully saturated rings. The Morgan fingerprint density at radius 2 is 2.12 bits per heavy atom. The Bertz CT molecular complexity index is 464. The first-order valence-corrected chi connectivity index (χ1v) is 7.98. The molecule has 0 aliphatic heterocycles. The van der Waals surface area contributed by atoms with Gasteiger partial charge in [-0.05, 0) is 26.3 Å². The molecule has 1 heterocycles. The summed E-state index contributed by atoms with van der Waals surface area (Å²) in [6.07, 6.45) is 1.74. The molecular formula is C11H20N2O2S2. The van der Waals surface area contributed by atoms with Crippen LogP contribution < -0.4 is 10.5 Å². The van der Waals surface area contributed by atoms with E-state index in [4.69, 9.17) is 5.73 Å². The van der Waals surface area contributed by atoms with Gasteiger partial charge in [0.05, 0.1) is 4.90 Å². The molecule has 1 aromatic heterocycles. The molecule has 0 saturated heterocycles. The standard InChI is InChI=1S/C11H20N2O2S2/c1-4-5-11(2,3)13-17(14,15)10-6-9(7-12)16-8-10/h6,8,13H,4-5,7,12H2,1-3H3. The summed E-state index contributed by atoms with van der Waals surface area (Å²) in [5.74, 6) is 0. The first-order valence-electron chi connectivity index (χ1n) is 5.62. The van der Waals surface area contributed by atoms with Crippen LogP contribution in [0.2, 0.25) is 0 Å². The van der Waals surface area contributed by atoms with Gasteiger partial charge in [-0.3, -0.25) is 0 Å². The average Bonchev–Trinajstić information content (AvgIpc) is 2.64. The molecule has 0 spiro atoms. The van der Waals surface area contributed by atoms with Crippen molar-refractivity contribution >= 4 is 21.4 Å². The number of hydrogen-bond donors (Lipinski definition) is 2. The van der Waals surface area contributed by atoms with E-state index >= 15 is 0 Å². The quantitative estimate of drug-likeness (QED) is 0.835. The summed E-state index contributed by atoms with van der Waals surface area (Å²) in [6.45, 7) is 6.19. The van der Waals surface area contributed by atoms with Crippen molar-refractivity contribution in [3.63, 3.8) is 0 Å². The molecule has 0 aliphatic rings. The molecule has 1 aromatic rings. The van der Waals surface area contributed by atoms with Crippen LogP contribution in [0.25, 0.3) is 0 Å². The van der Waals surface area contributed by atoms with Gasteiger partial charge in [-0.25, -0.2) is 13.1 Å². The normalized spacial score (nSPS) is 12.9. The zero-order valence-corrected chi connectivity index (χ0v) is 12.1. The number of hydrogen-bond acceptors (Lipinski definition) is 4. The Labute approximate surface area is 107 Å². The van der Waals surface area contributed by atoms with Crippen LogP contribution in [-0.2, 0) is 16.6 Å². The number of thiophene rings is 1. The van der Waals surface area contributed by atoms with E-state index in [1.807, 2.05) is 20.8 Å². The molecule has 0 amide bonds. The Balaban J connectivity index is 2.88. The van der Waals surface area contributed by atoms with Crippen LogP contribution in [0.4, 0.5) is 0 Å². The lowest BCUT2D eigenvalue weighted by molar-refractivity contribution is 0.418. The largest absolute Gasteiger partial charge is 0.326 e. The van der Waals surface area contributed by atoms with Gasteiger partial charge in [0.25, 0.3) is 0 Å².